The van der Waals surface area contributed by atoms with Crippen molar-refractivity contribution in [1.82, 2.24) is 0 Å². The monoisotopic (exact) mass is 227 g/mol. The minimum atomic E-state index is -0.987. The Morgan fingerprint density at radius 1 is 1.56 bits per heavy atom. The van der Waals surface area contributed by atoms with Crippen LogP contribution in [0.4, 0.5) is 5.69 Å². The number of rotatable bonds is 5. The first-order valence-corrected chi connectivity index (χ1v) is 4.72. The minimum Gasteiger partial charge on any atom is -0.490 e. The van der Waals surface area contributed by atoms with Crippen LogP contribution in [-0.4, -0.2) is 34.5 Å². The Bertz CT molecular complexity index is 379. The fourth-order valence-electron chi connectivity index (χ4n) is 1.20. The molecule has 0 saturated carbocycles. The quantitative estimate of drug-likeness (QED) is 0.568. The Morgan fingerprint density at radius 3 is 2.81 bits per heavy atom. The van der Waals surface area contributed by atoms with E-state index in [2.05, 4.69) is 0 Å². The van der Waals surface area contributed by atoms with Crippen molar-refractivity contribution in [2.75, 3.05) is 13.2 Å². The van der Waals surface area contributed by atoms with Crippen molar-refractivity contribution in [3.63, 3.8) is 0 Å². The molecule has 0 radical (unpaired) electrons. The summed E-state index contributed by atoms with van der Waals surface area (Å²) in [5.74, 6) is 0.335. The molecule has 0 fully saturated rings. The average molecular weight is 227 g/mol. The van der Waals surface area contributed by atoms with E-state index in [9.17, 15) is 10.1 Å². The van der Waals surface area contributed by atoms with Crippen LogP contribution in [0.2, 0.25) is 0 Å². The summed E-state index contributed by atoms with van der Waals surface area (Å²) in [7, 11) is 0. The van der Waals surface area contributed by atoms with Crippen molar-refractivity contribution in [2.45, 2.75) is 13.0 Å². The first-order chi connectivity index (χ1) is 7.56. The number of aliphatic hydroxyl groups is 2. The first kappa shape index (κ1) is 12.4. The molecule has 0 aliphatic heterocycles. The molecule has 0 heterocycles. The Hall–Kier alpha value is -1.66. The lowest BCUT2D eigenvalue weighted by molar-refractivity contribution is -0.385. The van der Waals surface area contributed by atoms with E-state index in [-0.39, 0.29) is 12.3 Å². The van der Waals surface area contributed by atoms with Gasteiger partial charge < -0.3 is 14.9 Å². The van der Waals surface area contributed by atoms with Gasteiger partial charge in [0.05, 0.1) is 17.1 Å². The molecule has 6 heteroatoms. The van der Waals surface area contributed by atoms with Crippen LogP contribution in [0.15, 0.2) is 18.2 Å². The normalized spacial score (nSPS) is 12.2. The minimum absolute atomic E-state index is 0.0315. The first-order valence-electron chi connectivity index (χ1n) is 4.72. The van der Waals surface area contributed by atoms with Gasteiger partial charge in [-0.2, -0.15) is 0 Å². The largest absolute Gasteiger partial charge is 0.490 e. The lowest BCUT2D eigenvalue weighted by Gasteiger charge is -2.11. The number of nitro groups is 1. The van der Waals surface area contributed by atoms with E-state index < -0.39 is 17.6 Å². The summed E-state index contributed by atoms with van der Waals surface area (Å²) in [5.41, 5.74) is 0.369. The molecule has 16 heavy (non-hydrogen) atoms. The van der Waals surface area contributed by atoms with Gasteiger partial charge in [-0.1, -0.05) is 6.07 Å². The number of nitrogens with zero attached hydrogens (tertiary/aromatic N) is 1. The second-order valence-corrected chi connectivity index (χ2v) is 3.30. The van der Waals surface area contributed by atoms with Crippen LogP contribution in [0.25, 0.3) is 0 Å². The number of nitro benzene ring substituents is 1. The highest BCUT2D eigenvalue weighted by Crippen LogP contribution is 2.26. The molecule has 0 amide bonds. The van der Waals surface area contributed by atoms with Gasteiger partial charge in [-0.15, -0.1) is 0 Å². The summed E-state index contributed by atoms with van der Waals surface area (Å²) < 4.78 is 5.17. The van der Waals surface area contributed by atoms with Crippen LogP contribution < -0.4 is 4.74 Å². The lowest BCUT2D eigenvalue weighted by atomic mass is 10.2. The standard InChI is InChI=1S/C10H13NO5/c1-7-9(11(14)15)3-2-4-10(7)16-6-8(13)5-12/h2-4,8,12-13H,5-6H2,1H3/t8-/m1/s1. The van der Waals surface area contributed by atoms with Crippen molar-refractivity contribution in [1.29, 1.82) is 0 Å². The number of hydrogen-bond donors (Lipinski definition) is 2. The van der Waals surface area contributed by atoms with E-state index in [0.717, 1.165) is 0 Å². The van der Waals surface area contributed by atoms with Crippen molar-refractivity contribution >= 4 is 5.69 Å². The van der Waals surface area contributed by atoms with E-state index >= 15 is 0 Å². The zero-order chi connectivity index (χ0) is 12.1. The maximum atomic E-state index is 10.6. The fourth-order valence-corrected chi connectivity index (χ4v) is 1.20. The van der Waals surface area contributed by atoms with Crippen molar-refractivity contribution < 1.29 is 19.9 Å². The highest BCUT2D eigenvalue weighted by atomic mass is 16.6. The van der Waals surface area contributed by atoms with Crippen LogP contribution >= 0.6 is 0 Å². The molecule has 0 saturated heterocycles. The van der Waals surface area contributed by atoms with E-state index in [1.807, 2.05) is 0 Å². The molecule has 2 N–H and O–H groups in total. The molecule has 1 aromatic rings. The number of ether oxygens (including phenoxy) is 1. The second kappa shape index (κ2) is 5.43. The van der Waals surface area contributed by atoms with Gasteiger partial charge in [0.15, 0.2) is 0 Å². The third kappa shape index (κ3) is 2.91. The van der Waals surface area contributed by atoms with E-state index in [0.29, 0.717) is 11.3 Å². The number of hydrogen-bond acceptors (Lipinski definition) is 5. The van der Waals surface area contributed by atoms with Gasteiger partial charge in [0.1, 0.15) is 18.5 Å². The molecule has 0 spiro atoms. The molecule has 1 aromatic carbocycles. The summed E-state index contributed by atoms with van der Waals surface area (Å²) in [4.78, 5) is 10.1. The lowest BCUT2D eigenvalue weighted by Crippen LogP contribution is -2.21. The second-order valence-electron chi connectivity index (χ2n) is 3.30. The van der Waals surface area contributed by atoms with E-state index in [4.69, 9.17) is 14.9 Å². The van der Waals surface area contributed by atoms with E-state index in [1.165, 1.54) is 12.1 Å². The van der Waals surface area contributed by atoms with Crippen LogP contribution in [0.5, 0.6) is 5.75 Å². The highest BCUT2D eigenvalue weighted by molar-refractivity contribution is 5.48. The SMILES string of the molecule is Cc1c(OC[C@H](O)CO)cccc1[N+](=O)[O-]. The van der Waals surface area contributed by atoms with Gasteiger partial charge in [-0.05, 0) is 13.0 Å². The van der Waals surface area contributed by atoms with Crippen LogP contribution in [0.3, 0.4) is 0 Å². The topological polar surface area (TPSA) is 92.8 Å². The molecule has 0 bridgehead atoms. The summed E-state index contributed by atoms with van der Waals surface area (Å²) in [6.45, 7) is 1.06. The number of aliphatic hydroxyl groups excluding tert-OH is 2. The summed E-state index contributed by atoms with van der Waals surface area (Å²) >= 11 is 0. The third-order valence-corrected chi connectivity index (χ3v) is 2.09. The van der Waals surface area contributed by atoms with Crippen molar-refractivity contribution in [3.8, 4) is 5.75 Å². The summed E-state index contributed by atoms with van der Waals surface area (Å²) in [5, 5.41) is 28.3. The average Bonchev–Trinajstić information content (AvgIpc) is 2.26. The third-order valence-electron chi connectivity index (χ3n) is 2.09. The van der Waals surface area contributed by atoms with Gasteiger partial charge >= 0.3 is 0 Å². The molecule has 0 aromatic heterocycles. The Labute approximate surface area is 92.2 Å². The summed E-state index contributed by atoms with van der Waals surface area (Å²) in [6, 6.07) is 4.46. The maximum Gasteiger partial charge on any atom is 0.276 e. The molecule has 0 aliphatic rings. The molecule has 0 unspecified atom stereocenters. The van der Waals surface area contributed by atoms with Crippen molar-refractivity contribution in [2.24, 2.45) is 0 Å². The fraction of sp³-hybridized carbons (Fsp3) is 0.400. The predicted octanol–water partition coefficient (Wildman–Crippen LogP) is 0.635. The maximum absolute atomic E-state index is 10.6. The van der Waals surface area contributed by atoms with E-state index in [1.54, 1.807) is 13.0 Å². The Morgan fingerprint density at radius 2 is 2.25 bits per heavy atom. The molecular formula is C10H13NO5. The summed E-state index contributed by atoms with van der Waals surface area (Å²) in [6.07, 6.45) is -0.987. The predicted molar refractivity (Wildman–Crippen MR) is 56.4 cm³/mol. The van der Waals surface area contributed by atoms with Crippen molar-refractivity contribution in [3.05, 3.63) is 33.9 Å². The molecular weight excluding hydrogens is 214 g/mol. The Kier molecular flexibility index (Phi) is 4.21. The molecule has 1 atom stereocenters. The van der Waals surface area contributed by atoms with Gasteiger partial charge in [-0.25, -0.2) is 0 Å². The number of benzene rings is 1. The zero-order valence-corrected chi connectivity index (χ0v) is 8.79. The molecule has 88 valence electrons. The van der Waals surface area contributed by atoms with Crippen LogP contribution in [0, 0.1) is 17.0 Å². The smallest absolute Gasteiger partial charge is 0.276 e. The van der Waals surface area contributed by atoms with Crippen LogP contribution in [0.1, 0.15) is 5.56 Å². The zero-order valence-electron chi connectivity index (χ0n) is 8.79. The van der Waals surface area contributed by atoms with Gasteiger partial charge in [0.2, 0.25) is 0 Å². The molecule has 6 nitrogen and oxygen atoms in total. The van der Waals surface area contributed by atoms with Gasteiger partial charge in [0, 0.05) is 6.07 Å². The van der Waals surface area contributed by atoms with Crippen LogP contribution in [-0.2, 0) is 0 Å². The Balaban J connectivity index is 2.81. The molecule has 1 rings (SSSR count). The van der Waals surface area contributed by atoms with Gasteiger partial charge in [0.25, 0.3) is 5.69 Å². The highest BCUT2D eigenvalue weighted by Gasteiger charge is 2.14. The molecule has 0 aliphatic carbocycles. The van der Waals surface area contributed by atoms with Gasteiger partial charge in [-0.3, -0.25) is 10.1 Å².